The molecule has 0 fully saturated rings. The number of aromatic amines is 1. The smallest absolute Gasteiger partial charge is 0.0541 e. The van der Waals surface area contributed by atoms with Crippen molar-refractivity contribution in [3.05, 3.63) is 115 Å². The van der Waals surface area contributed by atoms with Gasteiger partial charge in [-0.2, -0.15) is 0 Å². The molecule has 0 aliphatic rings. The molecule has 0 aliphatic heterocycles. The van der Waals surface area contributed by atoms with Gasteiger partial charge in [-0.1, -0.05) is 80.6 Å². The number of rotatable bonds is 3. The van der Waals surface area contributed by atoms with Crippen LogP contribution >= 0.6 is 0 Å². The molecule has 7 aromatic rings. The van der Waals surface area contributed by atoms with Crippen molar-refractivity contribution in [1.29, 1.82) is 0 Å². The number of aromatic nitrogens is 2. The van der Waals surface area contributed by atoms with Crippen molar-refractivity contribution in [2.75, 3.05) is 0 Å². The highest BCUT2D eigenvalue weighted by Gasteiger charge is 2.16. The van der Waals surface area contributed by atoms with Gasteiger partial charge in [0.05, 0.1) is 11.0 Å². The fourth-order valence-electron chi connectivity index (χ4n) is 5.62. The average Bonchev–Trinajstić information content (AvgIpc) is 3.43. The van der Waals surface area contributed by atoms with E-state index in [0.717, 1.165) is 0 Å². The maximum atomic E-state index is 3.54. The minimum absolute atomic E-state index is 0.449. The highest BCUT2D eigenvalue weighted by molar-refractivity contribution is 6.11. The Labute approximate surface area is 204 Å². The maximum absolute atomic E-state index is 3.54. The van der Waals surface area contributed by atoms with Gasteiger partial charge in [0.25, 0.3) is 0 Å². The Bertz CT molecular complexity index is 1880. The van der Waals surface area contributed by atoms with Crippen molar-refractivity contribution in [1.82, 2.24) is 9.55 Å². The molecule has 35 heavy (non-hydrogen) atoms. The van der Waals surface area contributed by atoms with Crippen LogP contribution < -0.4 is 0 Å². The van der Waals surface area contributed by atoms with E-state index in [1.54, 1.807) is 0 Å². The number of fused-ring (bicyclic) bond motifs is 6. The van der Waals surface area contributed by atoms with Crippen LogP contribution in [0.1, 0.15) is 25.3 Å². The molecule has 2 heteroatoms. The van der Waals surface area contributed by atoms with E-state index >= 15 is 0 Å². The molecule has 2 aromatic heterocycles. The zero-order valence-electron chi connectivity index (χ0n) is 19.9. The molecule has 0 spiro atoms. The summed E-state index contributed by atoms with van der Waals surface area (Å²) in [5.74, 6) is 0.449. The van der Waals surface area contributed by atoms with Gasteiger partial charge in [0.2, 0.25) is 0 Å². The van der Waals surface area contributed by atoms with Crippen LogP contribution in [0.15, 0.2) is 109 Å². The Kier molecular flexibility index (Phi) is 4.37. The minimum atomic E-state index is 0.449. The van der Waals surface area contributed by atoms with Crippen LogP contribution in [0.4, 0.5) is 0 Å². The molecular weight excluding hydrogens is 424 g/mol. The molecule has 2 heterocycles. The van der Waals surface area contributed by atoms with Crippen molar-refractivity contribution in [2.24, 2.45) is 0 Å². The van der Waals surface area contributed by atoms with Gasteiger partial charge in [-0.3, -0.25) is 0 Å². The van der Waals surface area contributed by atoms with E-state index in [0.29, 0.717) is 5.92 Å². The quantitative estimate of drug-likeness (QED) is 0.277. The van der Waals surface area contributed by atoms with Gasteiger partial charge in [-0.25, -0.2) is 0 Å². The molecule has 168 valence electrons. The van der Waals surface area contributed by atoms with E-state index in [2.05, 4.69) is 133 Å². The van der Waals surface area contributed by atoms with Gasteiger partial charge in [0.1, 0.15) is 0 Å². The number of benzene rings is 5. The standard InChI is InChI=1S/C33H26N2/c1-21(2)24-9-4-7-13-31(24)35-32-14-8-5-11-26(32)28-20-23(16-18-33(28)35)22-15-17-30-27(19-22)25-10-3-6-12-29(25)34-30/h3-21,34H,1-2H3. The zero-order chi connectivity index (χ0) is 23.5. The first-order valence-corrected chi connectivity index (χ1v) is 12.3. The Balaban J connectivity index is 1.48. The predicted octanol–water partition coefficient (Wildman–Crippen LogP) is 9.21. The van der Waals surface area contributed by atoms with E-state index in [4.69, 9.17) is 0 Å². The largest absolute Gasteiger partial charge is 0.355 e. The normalized spacial score (nSPS) is 12.0. The molecule has 7 rings (SSSR count). The fraction of sp³-hybridized carbons (Fsp3) is 0.0909. The van der Waals surface area contributed by atoms with Crippen molar-refractivity contribution in [3.63, 3.8) is 0 Å². The number of hydrogen-bond donors (Lipinski definition) is 1. The summed E-state index contributed by atoms with van der Waals surface area (Å²) >= 11 is 0. The lowest BCUT2D eigenvalue weighted by Crippen LogP contribution is -2.00. The molecule has 0 bridgehead atoms. The number of nitrogens with one attached hydrogen (secondary N) is 1. The fourth-order valence-corrected chi connectivity index (χ4v) is 5.62. The van der Waals surface area contributed by atoms with Crippen LogP contribution in [0.3, 0.4) is 0 Å². The van der Waals surface area contributed by atoms with Gasteiger partial charge < -0.3 is 9.55 Å². The first-order valence-electron chi connectivity index (χ1n) is 12.3. The van der Waals surface area contributed by atoms with Crippen molar-refractivity contribution in [3.8, 4) is 16.8 Å². The molecule has 0 aliphatic carbocycles. The average molecular weight is 451 g/mol. The van der Waals surface area contributed by atoms with Gasteiger partial charge >= 0.3 is 0 Å². The van der Waals surface area contributed by atoms with Crippen LogP contribution in [0.5, 0.6) is 0 Å². The monoisotopic (exact) mass is 450 g/mol. The molecule has 1 N–H and O–H groups in total. The molecule has 2 nitrogen and oxygen atoms in total. The first kappa shape index (κ1) is 20.1. The van der Waals surface area contributed by atoms with Gasteiger partial charge in [0, 0.05) is 38.3 Å². The first-order chi connectivity index (χ1) is 17.2. The van der Waals surface area contributed by atoms with E-state index in [-0.39, 0.29) is 0 Å². The van der Waals surface area contributed by atoms with E-state index in [1.807, 2.05) is 0 Å². The molecule has 0 unspecified atom stereocenters. The number of hydrogen-bond acceptors (Lipinski definition) is 0. The topological polar surface area (TPSA) is 20.7 Å². The lowest BCUT2D eigenvalue weighted by atomic mass is 10.00. The molecule has 0 amide bonds. The summed E-state index contributed by atoms with van der Waals surface area (Å²) in [6.45, 7) is 4.54. The Morgan fingerprint density at radius 2 is 1.17 bits per heavy atom. The highest BCUT2D eigenvalue weighted by Crippen LogP contribution is 2.37. The summed E-state index contributed by atoms with van der Waals surface area (Å²) < 4.78 is 2.44. The van der Waals surface area contributed by atoms with Crippen molar-refractivity contribution in [2.45, 2.75) is 19.8 Å². The second-order valence-electron chi connectivity index (χ2n) is 9.73. The van der Waals surface area contributed by atoms with Gasteiger partial charge in [-0.15, -0.1) is 0 Å². The summed E-state index contributed by atoms with van der Waals surface area (Å²) in [6.07, 6.45) is 0. The van der Waals surface area contributed by atoms with Crippen molar-refractivity contribution >= 4 is 43.6 Å². The van der Waals surface area contributed by atoms with Crippen molar-refractivity contribution < 1.29 is 0 Å². The summed E-state index contributed by atoms with van der Waals surface area (Å²) in [4.78, 5) is 3.54. The van der Waals surface area contributed by atoms with Crippen LogP contribution in [0.25, 0.3) is 60.4 Å². The van der Waals surface area contributed by atoms with Crippen LogP contribution in [-0.4, -0.2) is 9.55 Å². The summed E-state index contributed by atoms with van der Waals surface area (Å²) in [5.41, 5.74) is 9.97. The van der Waals surface area contributed by atoms with Crippen LogP contribution in [-0.2, 0) is 0 Å². The maximum Gasteiger partial charge on any atom is 0.0541 e. The Morgan fingerprint density at radius 3 is 2.03 bits per heavy atom. The third-order valence-corrected chi connectivity index (χ3v) is 7.31. The summed E-state index contributed by atoms with van der Waals surface area (Å²) in [7, 11) is 0. The Morgan fingerprint density at radius 1 is 0.543 bits per heavy atom. The SMILES string of the molecule is CC(C)c1ccccc1-n1c2ccccc2c2cc(-c3ccc4[nH]c5ccccc5c4c3)ccc21. The second-order valence-corrected chi connectivity index (χ2v) is 9.73. The van der Waals surface area contributed by atoms with E-state index in [9.17, 15) is 0 Å². The summed E-state index contributed by atoms with van der Waals surface area (Å²) in [5, 5.41) is 5.12. The molecule has 0 atom stereocenters. The zero-order valence-corrected chi connectivity index (χ0v) is 19.9. The highest BCUT2D eigenvalue weighted by atomic mass is 15.0. The molecule has 5 aromatic carbocycles. The van der Waals surface area contributed by atoms with Gasteiger partial charge in [0.15, 0.2) is 0 Å². The molecular formula is C33H26N2. The summed E-state index contributed by atoms with van der Waals surface area (Å²) in [6, 6.07) is 39.8. The second kappa shape index (κ2) is 7.61. The minimum Gasteiger partial charge on any atom is -0.355 e. The third-order valence-electron chi connectivity index (χ3n) is 7.31. The van der Waals surface area contributed by atoms with Gasteiger partial charge in [-0.05, 0) is 65.1 Å². The predicted molar refractivity (Wildman–Crippen MR) is 150 cm³/mol. The lowest BCUT2D eigenvalue weighted by molar-refractivity contribution is 0.854. The number of para-hydroxylation sites is 3. The number of H-pyrrole nitrogens is 1. The van der Waals surface area contributed by atoms with Crippen LogP contribution in [0.2, 0.25) is 0 Å². The Hall–Kier alpha value is -4.30. The number of nitrogens with zero attached hydrogens (tertiary/aromatic N) is 1. The third kappa shape index (κ3) is 3.03. The molecule has 0 radical (unpaired) electrons. The molecule has 0 saturated heterocycles. The molecule has 0 saturated carbocycles. The van der Waals surface area contributed by atoms with E-state index < -0.39 is 0 Å². The lowest BCUT2D eigenvalue weighted by Gasteiger charge is -2.16. The van der Waals surface area contributed by atoms with Crippen LogP contribution in [0, 0.1) is 0 Å². The van der Waals surface area contributed by atoms with E-state index in [1.165, 1.54) is 66.0 Å².